The molecule has 28 heavy (non-hydrogen) atoms. The molecule has 3 rings (SSSR count). The summed E-state index contributed by atoms with van der Waals surface area (Å²) in [6.07, 6.45) is 2.81. The number of sulfonamides is 2. The van der Waals surface area contributed by atoms with Gasteiger partial charge in [0, 0.05) is 23.1 Å². The van der Waals surface area contributed by atoms with Crippen molar-refractivity contribution in [3.63, 3.8) is 0 Å². The second-order valence-corrected chi connectivity index (χ2v) is 9.47. The van der Waals surface area contributed by atoms with Gasteiger partial charge in [0.2, 0.25) is 16.0 Å². The Morgan fingerprint density at radius 1 is 0.821 bits per heavy atom. The summed E-state index contributed by atoms with van der Waals surface area (Å²) < 4.78 is 54.0. The Bertz CT molecular complexity index is 1170. The standard InChI is InChI=1S/C17H15ClN4O4S2/c18-16-5-2-1-4-13(16)12-27(23,24)21-14-6-8-15(9-7-14)28(25,26)22-17-19-10-3-11-20-17/h1-11,21H,12H2,(H,19,20,22). The predicted molar refractivity (Wildman–Crippen MR) is 107 cm³/mol. The maximum Gasteiger partial charge on any atom is 0.264 e. The van der Waals surface area contributed by atoms with E-state index in [1.54, 1.807) is 30.3 Å². The Labute approximate surface area is 167 Å². The van der Waals surface area contributed by atoms with Gasteiger partial charge in [-0.15, -0.1) is 0 Å². The van der Waals surface area contributed by atoms with Crippen LogP contribution in [-0.4, -0.2) is 26.8 Å². The minimum atomic E-state index is -3.90. The van der Waals surface area contributed by atoms with E-state index in [4.69, 9.17) is 11.6 Å². The summed E-state index contributed by atoms with van der Waals surface area (Å²) in [6, 6.07) is 13.4. The van der Waals surface area contributed by atoms with Crippen molar-refractivity contribution in [1.29, 1.82) is 0 Å². The molecular formula is C17H15ClN4O4S2. The first kappa shape index (κ1) is 20.1. The molecule has 2 aromatic carbocycles. The van der Waals surface area contributed by atoms with E-state index in [0.29, 0.717) is 10.6 Å². The molecule has 0 saturated carbocycles. The van der Waals surface area contributed by atoms with E-state index in [2.05, 4.69) is 19.4 Å². The molecule has 0 spiro atoms. The minimum absolute atomic E-state index is 0.0611. The number of hydrogen-bond donors (Lipinski definition) is 2. The van der Waals surface area contributed by atoms with Gasteiger partial charge in [-0.2, -0.15) is 0 Å². The highest BCUT2D eigenvalue weighted by molar-refractivity contribution is 7.92. The quantitative estimate of drug-likeness (QED) is 0.585. The molecule has 0 radical (unpaired) electrons. The number of halogens is 1. The van der Waals surface area contributed by atoms with Crippen molar-refractivity contribution in [1.82, 2.24) is 9.97 Å². The highest BCUT2D eigenvalue weighted by atomic mass is 35.5. The third-order valence-electron chi connectivity index (χ3n) is 3.53. The summed E-state index contributed by atoms with van der Waals surface area (Å²) in [5, 5.41) is 0.350. The van der Waals surface area contributed by atoms with Gasteiger partial charge in [0.05, 0.1) is 10.6 Å². The fraction of sp³-hybridized carbons (Fsp3) is 0.0588. The maximum absolute atomic E-state index is 12.3. The summed E-state index contributed by atoms with van der Waals surface area (Å²) >= 11 is 5.99. The molecule has 0 saturated heterocycles. The van der Waals surface area contributed by atoms with Crippen LogP contribution in [0, 0.1) is 0 Å². The number of hydrogen-bond acceptors (Lipinski definition) is 6. The second kappa shape index (κ2) is 8.13. The summed E-state index contributed by atoms with van der Waals surface area (Å²) in [6.45, 7) is 0. The number of anilines is 2. The molecule has 1 heterocycles. The highest BCUT2D eigenvalue weighted by Crippen LogP contribution is 2.21. The SMILES string of the molecule is O=S(=O)(Cc1ccccc1Cl)Nc1ccc(S(=O)(=O)Nc2ncccn2)cc1. The molecule has 146 valence electrons. The van der Waals surface area contributed by atoms with Crippen LogP contribution in [0.3, 0.4) is 0 Å². The fourth-order valence-corrected chi connectivity index (χ4v) is 4.74. The monoisotopic (exact) mass is 438 g/mol. The molecule has 0 amide bonds. The van der Waals surface area contributed by atoms with Crippen LogP contribution in [0.2, 0.25) is 5.02 Å². The van der Waals surface area contributed by atoms with Crippen LogP contribution in [-0.2, 0) is 25.8 Å². The summed E-state index contributed by atoms with van der Waals surface area (Å²) in [4.78, 5) is 7.54. The Morgan fingerprint density at radius 3 is 2.11 bits per heavy atom. The molecule has 0 fully saturated rings. The molecule has 11 heteroatoms. The van der Waals surface area contributed by atoms with Crippen molar-refractivity contribution in [3.8, 4) is 0 Å². The lowest BCUT2D eigenvalue weighted by Crippen LogP contribution is -2.16. The summed E-state index contributed by atoms with van der Waals surface area (Å²) in [5.74, 6) is -0.369. The fourth-order valence-electron chi connectivity index (χ4n) is 2.27. The molecule has 0 atom stereocenters. The molecule has 3 aromatic rings. The Balaban J connectivity index is 1.73. The molecule has 8 nitrogen and oxygen atoms in total. The Morgan fingerprint density at radius 2 is 1.46 bits per heavy atom. The largest absolute Gasteiger partial charge is 0.283 e. The van der Waals surface area contributed by atoms with E-state index in [1.807, 2.05) is 0 Å². The van der Waals surface area contributed by atoms with Gasteiger partial charge in [0.15, 0.2) is 0 Å². The number of aromatic nitrogens is 2. The van der Waals surface area contributed by atoms with Crippen LogP contribution in [0.1, 0.15) is 5.56 Å². The molecule has 1 aromatic heterocycles. The predicted octanol–water partition coefficient (Wildman–Crippen LogP) is 2.87. The lowest BCUT2D eigenvalue weighted by atomic mass is 10.2. The zero-order valence-corrected chi connectivity index (χ0v) is 16.7. The normalized spacial score (nSPS) is 11.8. The summed E-state index contributed by atoms with van der Waals surface area (Å²) in [7, 11) is -7.62. The average Bonchev–Trinajstić information content (AvgIpc) is 2.64. The van der Waals surface area contributed by atoms with Crippen LogP contribution in [0.25, 0.3) is 0 Å². The lowest BCUT2D eigenvalue weighted by Gasteiger charge is -2.10. The smallest absolute Gasteiger partial charge is 0.264 e. The molecule has 0 aliphatic carbocycles. The van der Waals surface area contributed by atoms with Crippen LogP contribution in [0.4, 0.5) is 11.6 Å². The Hall–Kier alpha value is -2.69. The van der Waals surface area contributed by atoms with Gasteiger partial charge in [-0.3, -0.25) is 4.72 Å². The Kier molecular flexibility index (Phi) is 5.82. The van der Waals surface area contributed by atoms with Gasteiger partial charge < -0.3 is 0 Å². The number of rotatable bonds is 7. The summed E-state index contributed by atoms with van der Waals surface area (Å²) in [5.41, 5.74) is 0.685. The van der Waals surface area contributed by atoms with Crippen molar-refractivity contribution in [3.05, 3.63) is 77.6 Å². The maximum atomic E-state index is 12.3. The van der Waals surface area contributed by atoms with Crippen molar-refractivity contribution >= 4 is 43.3 Å². The third-order valence-corrected chi connectivity index (χ3v) is 6.48. The van der Waals surface area contributed by atoms with E-state index in [1.165, 1.54) is 36.7 Å². The second-order valence-electron chi connectivity index (χ2n) is 5.65. The molecule has 0 unspecified atom stereocenters. The van der Waals surface area contributed by atoms with Gasteiger partial charge >= 0.3 is 0 Å². The van der Waals surface area contributed by atoms with Crippen molar-refractivity contribution in [2.45, 2.75) is 10.6 Å². The minimum Gasteiger partial charge on any atom is -0.283 e. The van der Waals surface area contributed by atoms with Crippen LogP contribution < -0.4 is 9.44 Å². The van der Waals surface area contributed by atoms with E-state index < -0.39 is 20.0 Å². The van der Waals surface area contributed by atoms with E-state index >= 15 is 0 Å². The third kappa shape index (κ3) is 5.18. The first-order valence-corrected chi connectivity index (χ1v) is 11.4. The zero-order valence-electron chi connectivity index (χ0n) is 14.3. The van der Waals surface area contributed by atoms with Gasteiger partial charge in [0.1, 0.15) is 0 Å². The number of nitrogens with zero attached hydrogens (tertiary/aromatic N) is 2. The van der Waals surface area contributed by atoms with E-state index in [9.17, 15) is 16.8 Å². The first-order chi connectivity index (χ1) is 13.3. The average molecular weight is 439 g/mol. The van der Waals surface area contributed by atoms with Gasteiger partial charge in [-0.05, 0) is 42.0 Å². The van der Waals surface area contributed by atoms with Crippen LogP contribution in [0.5, 0.6) is 0 Å². The molecule has 0 aliphatic heterocycles. The molecule has 2 N–H and O–H groups in total. The van der Waals surface area contributed by atoms with Crippen molar-refractivity contribution in [2.75, 3.05) is 9.44 Å². The first-order valence-electron chi connectivity index (χ1n) is 7.89. The van der Waals surface area contributed by atoms with Crippen LogP contribution >= 0.6 is 11.6 Å². The highest BCUT2D eigenvalue weighted by Gasteiger charge is 2.17. The van der Waals surface area contributed by atoms with E-state index in [-0.39, 0.29) is 22.3 Å². The van der Waals surface area contributed by atoms with E-state index in [0.717, 1.165) is 0 Å². The lowest BCUT2D eigenvalue weighted by molar-refractivity contribution is 0.599. The number of nitrogens with one attached hydrogen (secondary N) is 2. The molecule has 0 bridgehead atoms. The van der Waals surface area contributed by atoms with Crippen LogP contribution in [0.15, 0.2) is 71.9 Å². The molecular weight excluding hydrogens is 424 g/mol. The van der Waals surface area contributed by atoms with Gasteiger partial charge in [-0.1, -0.05) is 29.8 Å². The number of benzene rings is 2. The zero-order chi connectivity index (χ0) is 20.2. The van der Waals surface area contributed by atoms with Crippen molar-refractivity contribution in [2.24, 2.45) is 0 Å². The van der Waals surface area contributed by atoms with Crippen molar-refractivity contribution < 1.29 is 16.8 Å². The van der Waals surface area contributed by atoms with Gasteiger partial charge in [-0.25, -0.2) is 31.5 Å². The van der Waals surface area contributed by atoms with Gasteiger partial charge in [0.25, 0.3) is 10.0 Å². The molecule has 0 aliphatic rings. The topological polar surface area (TPSA) is 118 Å².